The SMILES string of the molecule is CC(=CCCNC(C)(C)C)c1ccc(F)cc1C. The lowest BCUT2D eigenvalue weighted by Crippen LogP contribution is -2.36. The second kappa shape index (κ2) is 6.14. The summed E-state index contributed by atoms with van der Waals surface area (Å²) < 4.78 is 13.0. The molecule has 1 N–H and O–H groups in total. The third-order valence-corrected chi connectivity index (χ3v) is 2.86. The number of allylic oxidation sites excluding steroid dienone is 1. The lowest BCUT2D eigenvalue weighted by Gasteiger charge is -2.19. The Kier molecular flexibility index (Phi) is 5.09. The van der Waals surface area contributed by atoms with Crippen LogP contribution >= 0.6 is 0 Å². The van der Waals surface area contributed by atoms with E-state index in [1.165, 1.54) is 11.6 Å². The molecule has 1 nitrogen and oxygen atoms in total. The molecule has 100 valence electrons. The molecule has 0 radical (unpaired) electrons. The summed E-state index contributed by atoms with van der Waals surface area (Å²) in [4.78, 5) is 0. The van der Waals surface area contributed by atoms with Gasteiger partial charge in [-0.1, -0.05) is 12.1 Å². The first-order chi connectivity index (χ1) is 8.29. The number of nitrogens with one attached hydrogen (secondary N) is 1. The van der Waals surface area contributed by atoms with Crippen LogP contribution in [0.2, 0.25) is 0 Å². The third-order valence-electron chi connectivity index (χ3n) is 2.86. The molecule has 0 aliphatic rings. The van der Waals surface area contributed by atoms with Crippen molar-refractivity contribution < 1.29 is 4.39 Å². The second-order valence-electron chi connectivity index (χ2n) is 5.81. The molecule has 0 spiro atoms. The monoisotopic (exact) mass is 249 g/mol. The van der Waals surface area contributed by atoms with E-state index >= 15 is 0 Å². The minimum absolute atomic E-state index is 0.160. The molecule has 0 unspecified atom stereocenters. The number of rotatable bonds is 4. The van der Waals surface area contributed by atoms with Gasteiger partial charge in [-0.3, -0.25) is 0 Å². The van der Waals surface area contributed by atoms with Crippen LogP contribution in [0.3, 0.4) is 0 Å². The number of hydrogen-bond acceptors (Lipinski definition) is 1. The fraction of sp³-hybridized carbons (Fsp3) is 0.500. The summed E-state index contributed by atoms with van der Waals surface area (Å²) in [5.74, 6) is -0.168. The van der Waals surface area contributed by atoms with Crippen molar-refractivity contribution in [2.75, 3.05) is 6.54 Å². The van der Waals surface area contributed by atoms with E-state index in [0.717, 1.165) is 24.1 Å². The van der Waals surface area contributed by atoms with E-state index in [-0.39, 0.29) is 11.4 Å². The number of hydrogen-bond donors (Lipinski definition) is 1. The molecule has 2 heteroatoms. The van der Waals surface area contributed by atoms with Crippen molar-refractivity contribution in [3.8, 4) is 0 Å². The topological polar surface area (TPSA) is 12.0 Å². The fourth-order valence-corrected chi connectivity index (χ4v) is 1.92. The van der Waals surface area contributed by atoms with Gasteiger partial charge in [0, 0.05) is 5.54 Å². The third kappa shape index (κ3) is 5.01. The van der Waals surface area contributed by atoms with Gasteiger partial charge in [0.05, 0.1) is 0 Å². The maximum Gasteiger partial charge on any atom is 0.123 e. The fourth-order valence-electron chi connectivity index (χ4n) is 1.92. The van der Waals surface area contributed by atoms with Crippen molar-refractivity contribution >= 4 is 5.57 Å². The molecule has 0 heterocycles. The van der Waals surface area contributed by atoms with Crippen molar-refractivity contribution in [2.24, 2.45) is 0 Å². The minimum atomic E-state index is -0.168. The molecule has 1 rings (SSSR count). The lowest BCUT2D eigenvalue weighted by atomic mass is 10.0. The van der Waals surface area contributed by atoms with Crippen molar-refractivity contribution in [3.63, 3.8) is 0 Å². The zero-order chi connectivity index (χ0) is 13.8. The average Bonchev–Trinajstić information content (AvgIpc) is 2.22. The zero-order valence-electron chi connectivity index (χ0n) is 12.1. The number of benzene rings is 1. The Morgan fingerprint density at radius 2 is 2.00 bits per heavy atom. The molecule has 0 atom stereocenters. The maximum absolute atomic E-state index is 13.0. The van der Waals surface area contributed by atoms with Crippen LogP contribution in [0.25, 0.3) is 5.57 Å². The van der Waals surface area contributed by atoms with Gasteiger partial charge in [-0.15, -0.1) is 0 Å². The van der Waals surface area contributed by atoms with Gasteiger partial charge in [0.25, 0.3) is 0 Å². The Morgan fingerprint density at radius 1 is 1.33 bits per heavy atom. The van der Waals surface area contributed by atoms with Gasteiger partial charge < -0.3 is 5.32 Å². The quantitative estimate of drug-likeness (QED) is 0.784. The molecule has 0 bridgehead atoms. The second-order valence-corrected chi connectivity index (χ2v) is 5.81. The molecule has 0 aliphatic carbocycles. The van der Waals surface area contributed by atoms with E-state index in [2.05, 4.69) is 39.1 Å². The maximum atomic E-state index is 13.0. The molecule has 18 heavy (non-hydrogen) atoms. The van der Waals surface area contributed by atoms with Gasteiger partial charge in [-0.2, -0.15) is 0 Å². The van der Waals surface area contributed by atoms with Crippen molar-refractivity contribution in [1.29, 1.82) is 0 Å². The zero-order valence-corrected chi connectivity index (χ0v) is 12.1. The van der Waals surface area contributed by atoms with Crippen LogP contribution < -0.4 is 5.32 Å². The van der Waals surface area contributed by atoms with Crippen LogP contribution in [0, 0.1) is 12.7 Å². The van der Waals surface area contributed by atoms with Gasteiger partial charge in [-0.25, -0.2) is 4.39 Å². The Hall–Kier alpha value is -1.15. The van der Waals surface area contributed by atoms with E-state index in [4.69, 9.17) is 0 Å². The van der Waals surface area contributed by atoms with Gasteiger partial charge >= 0.3 is 0 Å². The summed E-state index contributed by atoms with van der Waals surface area (Å²) in [6.45, 7) is 11.5. The predicted molar refractivity (Wildman–Crippen MR) is 77.2 cm³/mol. The van der Waals surface area contributed by atoms with Crippen molar-refractivity contribution in [2.45, 2.75) is 46.6 Å². The first-order valence-electron chi connectivity index (χ1n) is 6.48. The van der Waals surface area contributed by atoms with Crippen LogP contribution in [0.4, 0.5) is 4.39 Å². The molecule has 1 aromatic rings. The van der Waals surface area contributed by atoms with E-state index < -0.39 is 0 Å². The summed E-state index contributed by atoms with van der Waals surface area (Å²) in [5, 5.41) is 3.45. The Morgan fingerprint density at radius 3 is 2.56 bits per heavy atom. The smallest absolute Gasteiger partial charge is 0.123 e. The molecule has 0 fully saturated rings. The van der Waals surface area contributed by atoms with Crippen molar-refractivity contribution in [3.05, 3.63) is 41.2 Å². The van der Waals surface area contributed by atoms with Gasteiger partial charge in [0.2, 0.25) is 0 Å². The number of halogens is 1. The highest BCUT2D eigenvalue weighted by atomic mass is 19.1. The highest BCUT2D eigenvalue weighted by molar-refractivity contribution is 5.66. The molecule has 0 saturated carbocycles. The Bertz CT molecular complexity index is 427. The minimum Gasteiger partial charge on any atom is -0.312 e. The first-order valence-corrected chi connectivity index (χ1v) is 6.48. The van der Waals surface area contributed by atoms with E-state index in [0.29, 0.717) is 0 Å². The summed E-state index contributed by atoms with van der Waals surface area (Å²) in [6.07, 6.45) is 3.19. The van der Waals surface area contributed by atoms with Gasteiger partial charge in [0.15, 0.2) is 0 Å². The summed E-state index contributed by atoms with van der Waals surface area (Å²) >= 11 is 0. The molecule has 1 aromatic carbocycles. The summed E-state index contributed by atoms with van der Waals surface area (Å²) in [6, 6.07) is 4.96. The highest BCUT2D eigenvalue weighted by Gasteiger charge is 2.07. The normalized spacial score (nSPS) is 12.9. The van der Waals surface area contributed by atoms with Gasteiger partial charge in [-0.05, 0) is 76.4 Å². The lowest BCUT2D eigenvalue weighted by molar-refractivity contribution is 0.431. The summed E-state index contributed by atoms with van der Waals surface area (Å²) in [7, 11) is 0. The van der Waals surface area contributed by atoms with Crippen molar-refractivity contribution in [1.82, 2.24) is 5.32 Å². The average molecular weight is 249 g/mol. The van der Waals surface area contributed by atoms with Crippen LogP contribution in [0.5, 0.6) is 0 Å². The van der Waals surface area contributed by atoms with Crippen LogP contribution in [-0.4, -0.2) is 12.1 Å². The molecule has 0 aromatic heterocycles. The van der Waals surface area contributed by atoms with E-state index in [1.807, 2.05) is 13.0 Å². The largest absolute Gasteiger partial charge is 0.312 e. The Labute approximate surface area is 110 Å². The van der Waals surface area contributed by atoms with E-state index in [1.54, 1.807) is 6.07 Å². The van der Waals surface area contributed by atoms with Crippen LogP contribution in [0.15, 0.2) is 24.3 Å². The van der Waals surface area contributed by atoms with Crippen LogP contribution in [0.1, 0.15) is 45.2 Å². The molecule has 0 aliphatic heterocycles. The molecule has 0 saturated heterocycles. The first kappa shape index (κ1) is 14.9. The summed E-state index contributed by atoms with van der Waals surface area (Å²) in [5.41, 5.74) is 3.50. The van der Waals surface area contributed by atoms with E-state index in [9.17, 15) is 4.39 Å². The Balaban J connectivity index is 2.61. The number of aryl methyl sites for hydroxylation is 1. The predicted octanol–water partition coefficient (Wildman–Crippen LogP) is 4.32. The molecular formula is C16H24FN. The highest BCUT2D eigenvalue weighted by Crippen LogP contribution is 2.19. The van der Waals surface area contributed by atoms with Crippen LogP contribution in [-0.2, 0) is 0 Å². The molecular weight excluding hydrogens is 225 g/mol. The molecule has 0 amide bonds. The standard InChI is InChI=1S/C16H24FN/c1-12(7-6-10-18-16(3,4)5)15-9-8-14(17)11-13(15)2/h7-9,11,18H,6,10H2,1-5H3. The van der Waals surface area contributed by atoms with Gasteiger partial charge in [0.1, 0.15) is 5.82 Å².